The van der Waals surface area contributed by atoms with E-state index in [0.717, 1.165) is 25.2 Å². The number of hydrogen-bond acceptors (Lipinski definition) is 4. The van der Waals surface area contributed by atoms with Crippen LogP contribution in [0.5, 0.6) is 0 Å². The number of aromatic nitrogens is 2. The lowest BCUT2D eigenvalue weighted by Crippen LogP contribution is -2.43. The van der Waals surface area contributed by atoms with Crippen molar-refractivity contribution in [1.82, 2.24) is 14.9 Å². The molecule has 0 radical (unpaired) electrons. The molecule has 1 aliphatic heterocycles. The first kappa shape index (κ1) is 15.8. The molecule has 6 nitrogen and oxygen atoms in total. The molecule has 0 saturated carbocycles. The summed E-state index contributed by atoms with van der Waals surface area (Å²) in [5.41, 5.74) is 0. The van der Waals surface area contributed by atoms with E-state index in [9.17, 15) is 9.18 Å². The zero-order valence-electron chi connectivity index (χ0n) is 12.3. The molecule has 0 spiro atoms. The van der Waals surface area contributed by atoms with E-state index >= 15 is 0 Å². The number of nitrogens with zero attached hydrogens (tertiary/aromatic N) is 2. The van der Waals surface area contributed by atoms with Crippen molar-refractivity contribution in [3.63, 3.8) is 0 Å². The molecule has 2 heterocycles. The van der Waals surface area contributed by atoms with Gasteiger partial charge in [-0.3, -0.25) is 4.39 Å². The van der Waals surface area contributed by atoms with Crippen LogP contribution in [0.15, 0.2) is 12.4 Å². The number of halogens is 1. The molecule has 1 N–H and O–H groups in total. The maximum Gasteiger partial charge on any atom is 0.407 e. The summed E-state index contributed by atoms with van der Waals surface area (Å²) in [7, 11) is 0. The largest absolute Gasteiger partial charge is 0.449 e. The van der Waals surface area contributed by atoms with Crippen molar-refractivity contribution in [1.29, 1.82) is 0 Å². The fourth-order valence-electron chi connectivity index (χ4n) is 2.44. The maximum absolute atomic E-state index is 12.0. The van der Waals surface area contributed by atoms with Crippen LogP contribution in [0.25, 0.3) is 0 Å². The Balaban J connectivity index is 1.97. The molecule has 1 fully saturated rings. The number of carbonyl (C=O) groups is 1. The van der Waals surface area contributed by atoms with Crippen LogP contribution in [-0.4, -0.2) is 41.6 Å². The number of nitrogens with one attached hydrogen (secondary N) is 1. The van der Waals surface area contributed by atoms with Crippen molar-refractivity contribution in [2.24, 2.45) is 0 Å². The zero-order chi connectivity index (χ0) is 15.1. The molecule has 1 aliphatic rings. The molecule has 1 amide bonds. The van der Waals surface area contributed by atoms with Gasteiger partial charge in [-0.1, -0.05) is 0 Å². The van der Waals surface area contributed by atoms with Gasteiger partial charge in [0.25, 0.3) is 0 Å². The summed E-state index contributed by atoms with van der Waals surface area (Å²) < 4.78 is 24.7. The van der Waals surface area contributed by atoms with Gasteiger partial charge in [0.05, 0.1) is 19.3 Å². The number of imidazole rings is 1. The number of amides is 1. The first-order chi connectivity index (χ1) is 10.3. The highest BCUT2D eigenvalue weighted by Gasteiger charge is 2.32. The molecule has 118 valence electrons. The average molecular weight is 299 g/mol. The highest BCUT2D eigenvalue weighted by atomic mass is 19.1. The van der Waals surface area contributed by atoms with Crippen LogP contribution in [0, 0.1) is 0 Å². The van der Waals surface area contributed by atoms with E-state index in [1.807, 2.05) is 17.7 Å². The summed E-state index contributed by atoms with van der Waals surface area (Å²) >= 11 is 0. The third-order valence-corrected chi connectivity index (χ3v) is 3.48. The molecule has 0 aromatic carbocycles. The van der Waals surface area contributed by atoms with Crippen molar-refractivity contribution in [2.45, 2.75) is 44.9 Å². The van der Waals surface area contributed by atoms with E-state index in [-0.39, 0.29) is 25.2 Å². The second-order valence-electron chi connectivity index (χ2n) is 4.93. The van der Waals surface area contributed by atoms with Gasteiger partial charge < -0.3 is 19.4 Å². The van der Waals surface area contributed by atoms with E-state index in [1.54, 1.807) is 6.20 Å². The summed E-state index contributed by atoms with van der Waals surface area (Å²) in [6, 6.07) is -0.177. The Bertz CT molecular complexity index is 452. The monoisotopic (exact) mass is 299 g/mol. The van der Waals surface area contributed by atoms with Crippen LogP contribution < -0.4 is 5.32 Å². The molecule has 7 heteroatoms. The number of rotatable bonds is 6. The average Bonchev–Trinajstić information content (AvgIpc) is 2.96. The zero-order valence-corrected chi connectivity index (χ0v) is 12.3. The van der Waals surface area contributed by atoms with Crippen LogP contribution in [0.1, 0.15) is 38.1 Å². The van der Waals surface area contributed by atoms with Crippen molar-refractivity contribution in [3.05, 3.63) is 18.2 Å². The molecule has 21 heavy (non-hydrogen) atoms. The third-order valence-electron chi connectivity index (χ3n) is 3.48. The molecule has 1 aromatic rings. The molecular weight excluding hydrogens is 277 g/mol. The standard InChI is InChI=1S/C14H22FN3O3/c1-2-18-8-7-16-13(18)12-11(5-3-9-20-12)17-14(19)21-10-4-6-15/h7-8,11-12H,2-6,9-10H2,1H3,(H,17,19)/t11-,12-/m0/s1. The van der Waals surface area contributed by atoms with Gasteiger partial charge in [0.1, 0.15) is 11.9 Å². The van der Waals surface area contributed by atoms with Crippen LogP contribution in [0.4, 0.5) is 9.18 Å². The summed E-state index contributed by atoms with van der Waals surface area (Å²) in [4.78, 5) is 16.1. The van der Waals surface area contributed by atoms with Crippen LogP contribution in [0.2, 0.25) is 0 Å². The predicted octanol–water partition coefficient (Wildman–Crippen LogP) is 2.21. The fraction of sp³-hybridized carbons (Fsp3) is 0.714. The van der Waals surface area contributed by atoms with Crippen LogP contribution in [-0.2, 0) is 16.0 Å². The lowest BCUT2D eigenvalue weighted by molar-refractivity contribution is -0.0176. The Morgan fingerprint density at radius 3 is 3.29 bits per heavy atom. The van der Waals surface area contributed by atoms with Gasteiger partial charge in [-0.15, -0.1) is 0 Å². The fourth-order valence-corrected chi connectivity index (χ4v) is 2.44. The van der Waals surface area contributed by atoms with E-state index < -0.39 is 12.8 Å². The Morgan fingerprint density at radius 1 is 1.67 bits per heavy atom. The van der Waals surface area contributed by atoms with Crippen molar-refractivity contribution < 1.29 is 18.7 Å². The number of hydrogen-bond donors (Lipinski definition) is 1. The van der Waals surface area contributed by atoms with Gasteiger partial charge in [0.15, 0.2) is 0 Å². The first-order valence-electron chi connectivity index (χ1n) is 7.38. The second-order valence-corrected chi connectivity index (χ2v) is 4.93. The lowest BCUT2D eigenvalue weighted by atomic mass is 10.0. The molecule has 2 rings (SSSR count). The highest BCUT2D eigenvalue weighted by Crippen LogP contribution is 2.27. The summed E-state index contributed by atoms with van der Waals surface area (Å²) in [6.45, 7) is 3.07. The maximum atomic E-state index is 12.0. The first-order valence-corrected chi connectivity index (χ1v) is 7.38. The van der Waals surface area contributed by atoms with E-state index in [0.29, 0.717) is 6.61 Å². The SMILES string of the molecule is CCn1ccnc1[C@H]1OCCC[C@@H]1NC(=O)OCCCF. The van der Waals surface area contributed by atoms with Gasteiger partial charge in [-0.2, -0.15) is 0 Å². The summed E-state index contributed by atoms with van der Waals surface area (Å²) in [5, 5.41) is 2.81. The molecule has 1 saturated heterocycles. The molecule has 1 aromatic heterocycles. The van der Waals surface area contributed by atoms with Crippen LogP contribution >= 0.6 is 0 Å². The van der Waals surface area contributed by atoms with E-state index in [2.05, 4.69) is 10.3 Å². The van der Waals surface area contributed by atoms with Gasteiger partial charge >= 0.3 is 6.09 Å². The Kier molecular flexibility index (Phi) is 5.98. The minimum Gasteiger partial charge on any atom is -0.449 e. The molecular formula is C14H22FN3O3. The lowest BCUT2D eigenvalue weighted by Gasteiger charge is -2.31. The number of carbonyl (C=O) groups excluding carboxylic acids is 1. The number of aryl methyl sites for hydroxylation is 1. The summed E-state index contributed by atoms with van der Waals surface area (Å²) in [5.74, 6) is 0.811. The minimum absolute atomic E-state index is 0.0875. The molecule has 0 aliphatic carbocycles. The molecule has 0 unspecified atom stereocenters. The normalized spacial score (nSPS) is 22.0. The number of ether oxygens (including phenoxy) is 2. The topological polar surface area (TPSA) is 65.4 Å². The van der Waals surface area contributed by atoms with Gasteiger partial charge in [-0.05, 0) is 19.8 Å². The van der Waals surface area contributed by atoms with Crippen LogP contribution in [0.3, 0.4) is 0 Å². The Hall–Kier alpha value is -1.63. The van der Waals surface area contributed by atoms with Crippen molar-refractivity contribution in [3.8, 4) is 0 Å². The van der Waals surface area contributed by atoms with Crippen molar-refractivity contribution >= 4 is 6.09 Å². The Morgan fingerprint density at radius 2 is 2.52 bits per heavy atom. The second kappa shape index (κ2) is 7.97. The Labute approximate surface area is 123 Å². The highest BCUT2D eigenvalue weighted by molar-refractivity contribution is 5.67. The van der Waals surface area contributed by atoms with E-state index in [4.69, 9.17) is 9.47 Å². The predicted molar refractivity (Wildman–Crippen MR) is 74.7 cm³/mol. The minimum atomic E-state index is -0.529. The van der Waals surface area contributed by atoms with E-state index in [1.165, 1.54) is 0 Å². The van der Waals surface area contributed by atoms with Crippen molar-refractivity contribution in [2.75, 3.05) is 19.9 Å². The third kappa shape index (κ3) is 4.17. The van der Waals surface area contributed by atoms with Gasteiger partial charge in [0.2, 0.25) is 0 Å². The summed E-state index contributed by atoms with van der Waals surface area (Å²) in [6.07, 6.45) is 4.72. The quantitative estimate of drug-likeness (QED) is 0.818. The molecule has 0 bridgehead atoms. The van der Waals surface area contributed by atoms with Gasteiger partial charge in [0, 0.05) is 32.0 Å². The smallest absolute Gasteiger partial charge is 0.407 e. The molecule has 2 atom stereocenters. The number of alkyl carbamates (subject to hydrolysis) is 1. The van der Waals surface area contributed by atoms with Gasteiger partial charge in [-0.25, -0.2) is 9.78 Å². The number of alkyl halides is 1.